The molecule has 0 spiro atoms. The van der Waals surface area contributed by atoms with E-state index in [1.165, 1.54) is 6.07 Å². The Morgan fingerprint density at radius 3 is 2.82 bits per heavy atom. The minimum absolute atomic E-state index is 0.0805. The van der Waals surface area contributed by atoms with Crippen LogP contribution in [0, 0.1) is 5.82 Å². The molecule has 17 heavy (non-hydrogen) atoms. The van der Waals surface area contributed by atoms with E-state index in [1.54, 1.807) is 25.1 Å². The van der Waals surface area contributed by atoms with Gasteiger partial charge in [0.25, 0.3) is 5.91 Å². The number of carbonyl (C=O) groups excluding carboxylic acids is 1. The molecule has 88 valence electrons. The van der Waals surface area contributed by atoms with Crippen LogP contribution in [0.5, 0.6) is 0 Å². The number of benzene rings is 1. The molecule has 1 N–H and O–H groups in total. The van der Waals surface area contributed by atoms with Crippen LogP contribution in [0.15, 0.2) is 29.4 Å². The van der Waals surface area contributed by atoms with Gasteiger partial charge in [-0.25, -0.2) is 4.39 Å². The summed E-state index contributed by atoms with van der Waals surface area (Å²) in [7, 11) is 0. The van der Waals surface area contributed by atoms with E-state index < -0.39 is 5.82 Å². The van der Waals surface area contributed by atoms with Gasteiger partial charge >= 0.3 is 0 Å². The van der Waals surface area contributed by atoms with E-state index in [1.807, 2.05) is 0 Å². The minimum Gasteiger partial charge on any atom is -0.328 e. The summed E-state index contributed by atoms with van der Waals surface area (Å²) in [5.41, 5.74) is 0.915. The van der Waals surface area contributed by atoms with E-state index >= 15 is 0 Å². The molecule has 0 saturated carbocycles. The van der Waals surface area contributed by atoms with Crippen molar-refractivity contribution in [2.75, 3.05) is 5.32 Å². The third kappa shape index (κ3) is 2.47. The molecule has 0 atom stereocenters. The maximum Gasteiger partial charge on any atom is 0.255 e. The maximum atomic E-state index is 13.3. The molecule has 1 aliphatic rings. The van der Waals surface area contributed by atoms with Crippen LogP contribution in [0.3, 0.4) is 0 Å². The van der Waals surface area contributed by atoms with Gasteiger partial charge in [0.2, 0.25) is 5.11 Å². The fourth-order valence-corrected chi connectivity index (χ4v) is 1.70. The van der Waals surface area contributed by atoms with Gasteiger partial charge in [-0.15, -0.1) is 0 Å². The second-order valence-corrected chi connectivity index (χ2v) is 4.01. The van der Waals surface area contributed by atoms with Crippen molar-refractivity contribution in [3.05, 3.63) is 30.1 Å². The molecule has 1 aliphatic heterocycles. The number of para-hydroxylation sites is 1. The summed E-state index contributed by atoms with van der Waals surface area (Å²) in [5.74, 6) is -0.640. The predicted molar refractivity (Wildman–Crippen MR) is 67.2 cm³/mol. The van der Waals surface area contributed by atoms with Gasteiger partial charge in [0, 0.05) is 5.71 Å². The largest absolute Gasteiger partial charge is 0.328 e. The number of nitrogens with zero attached hydrogens (tertiary/aromatic N) is 2. The first kappa shape index (κ1) is 11.7. The number of rotatable bonds is 1. The number of halogens is 1. The second kappa shape index (κ2) is 4.58. The van der Waals surface area contributed by atoms with Gasteiger partial charge in [0.05, 0.1) is 12.1 Å². The zero-order chi connectivity index (χ0) is 12.4. The van der Waals surface area contributed by atoms with E-state index in [9.17, 15) is 9.18 Å². The molecule has 1 aromatic rings. The molecule has 1 amide bonds. The van der Waals surface area contributed by atoms with E-state index in [-0.39, 0.29) is 23.1 Å². The quantitative estimate of drug-likeness (QED) is 0.778. The van der Waals surface area contributed by atoms with E-state index in [0.29, 0.717) is 5.71 Å². The summed E-state index contributed by atoms with van der Waals surface area (Å²) in [4.78, 5) is 11.5. The Morgan fingerprint density at radius 2 is 2.24 bits per heavy atom. The smallest absolute Gasteiger partial charge is 0.255 e. The van der Waals surface area contributed by atoms with Crippen molar-refractivity contribution in [3.8, 4) is 0 Å². The predicted octanol–water partition coefficient (Wildman–Crippen LogP) is 2.13. The van der Waals surface area contributed by atoms with Crippen molar-refractivity contribution in [2.45, 2.75) is 13.3 Å². The summed E-state index contributed by atoms with van der Waals surface area (Å²) in [6.45, 7) is 1.74. The third-order valence-electron chi connectivity index (χ3n) is 2.22. The number of hydrogen-bond donors (Lipinski definition) is 1. The number of amides is 1. The molecule has 0 fully saturated rings. The lowest BCUT2D eigenvalue weighted by atomic mass is 10.3. The molecule has 4 nitrogen and oxygen atoms in total. The highest BCUT2D eigenvalue weighted by Gasteiger charge is 2.25. The molecule has 2 rings (SSSR count). The lowest BCUT2D eigenvalue weighted by Gasteiger charge is -2.14. The van der Waals surface area contributed by atoms with Crippen LogP contribution in [0.1, 0.15) is 13.3 Å². The minimum atomic E-state index is -0.429. The van der Waals surface area contributed by atoms with Crippen molar-refractivity contribution in [3.63, 3.8) is 0 Å². The van der Waals surface area contributed by atoms with E-state index in [0.717, 1.165) is 5.01 Å². The standard InChI is InChI=1S/C11H10FN3OS/c1-7-6-10(16)15(14-7)11(17)13-9-5-3-2-4-8(9)12/h2-5H,6H2,1H3,(H,13,17). The summed E-state index contributed by atoms with van der Waals surface area (Å²) >= 11 is 5.01. The normalized spacial score (nSPS) is 14.8. The molecular formula is C11H10FN3OS. The topological polar surface area (TPSA) is 44.7 Å². The van der Waals surface area contributed by atoms with Crippen molar-refractivity contribution in [1.29, 1.82) is 0 Å². The summed E-state index contributed by atoms with van der Waals surface area (Å²) < 4.78 is 13.3. The number of carbonyl (C=O) groups is 1. The van der Waals surface area contributed by atoms with E-state index in [4.69, 9.17) is 12.2 Å². The van der Waals surface area contributed by atoms with Gasteiger partial charge in [-0.1, -0.05) is 12.1 Å². The zero-order valence-electron chi connectivity index (χ0n) is 9.11. The van der Waals surface area contributed by atoms with Crippen LogP contribution in [-0.2, 0) is 4.79 Å². The Balaban J connectivity index is 2.13. The highest BCUT2D eigenvalue weighted by Crippen LogP contribution is 2.15. The van der Waals surface area contributed by atoms with Gasteiger partial charge in [-0.05, 0) is 31.3 Å². The van der Waals surface area contributed by atoms with Crippen LogP contribution < -0.4 is 5.32 Å². The number of hydrogen-bond acceptors (Lipinski definition) is 3. The molecular weight excluding hydrogens is 241 g/mol. The fourth-order valence-electron chi connectivity index (χ4n) is 1.44. The third-order valence-corrected chi connectivity index (χ3v) is 2.50. The Labute approximate surface area is 103 Å². The SMILES string of the molecule is CC1=NN(C(=S)Nc2ccccc2F)C(=O)C1. The lowest BCUT2D eigenvalue weighted by Crippen LogP contribution is -2.32. The average Bonchev–Trinajstić information content (AvgIpc) is 2.61. The maximum absolute atomic E-state index is 13.3. The van der Waals surface area contributed by atoms with Gasteiger partial charge < -0.3 is 5.32 Å². The molecule has 0 aromatic heterocycles. The second-order valence-electron chi connectivity index (χ2n) is 3.63. The summed E-state index contributed by atoms with van der Waals surface area (Å²) in [6.07, 6.45) is 0.249. The molecule has 1 aromatic carbocycles. The van der Waals surface area contributed by atoms with Crippen LogP contribution >= 0.6 is 12.2 Å². The molecule has 0 aliphatic carbocycles. The van der Waals surface area contributed by atoms with Crippen LogP contribution in [0.2, 0.25) is 0 Å². The highest BCUT2D eigenvalue weighted by molar-refractivity contribution is 7.80. The van der Waals surface area contributed by atoms with Crippen LogP contribution in [0.25, 0.3) is 0 Å². The molecule has 6 heteroatoms. The average molecular weight is 251 g/mol. The number of anilines is 1. The van der Waals surface area contributed by atoms with Gasteiger partial charge in [0.15, 0.2) is 0 Å². The molecule has 0 unspecified atom stereocenters. The Hall–Kier alpha value is -1.82. The first-order chi connectivity index (χ1) is 8.08. The zero-order valence-corrected chi connectivity index (χ0v) is 9.92. The van der Waals surface area contributed by atoms with Gasteiger partial charge in [-0.2, -0.15) is 10.1 Å². The number of nitrogens with one attached hydrogen (secondary N) is 1. The van der Waals surface area contributed by atoms with Crippen molar-refractivity contribution >= 4 is 34.6 Å². The molecule has 0 radical (unpaired) electrons. The Bertz CT molecular complexity index is 515. The first-order valence-electron chi connectivity index (χ1n) is 5.00. The highest BCUT2D eigenvalue weighted by atomic mass is 32.1. The Morgan fingerprint density at radius 1 is 1.53 bits per heavy atom. The molecule has 0 saturated heterocycles. The lowest BCUT2D eigenvalue weighted by molar-refractivity contribution is -0.124. The first-order valence-corrected chi connectivity index (χ1v) is 5.41. The van der Waals surface area contributed by atoms with Crippen molar-refractivity contribution < 1.29 is 9.18 Å². The summed E-state index contributed by atoms with van der Waals surface area (Å²) in [6, 6.07) is 6.10. The number of hydrazone groups is 1. The Kier molecular flexibility index (Phi) is 3.14. The van der Waals surface area contributed by atoms with Crippen molar-refractivity contribution in [1.82, 2.24) is 5.01 Å². The van der Waals surface area contributed by atoms with Crippen LogP contribution in [0.4, 0.5) is 10.1 Å². The van der Waals surface area contributed by atoms with Crippen LogP contribution in [-0.4, -0.2) is 21.7 Å². The fraction of sp³-hybridized carbons (Fsp3) is 0.182. The summed E-state index contributed by atoms with van der Waals surface area (Å²) in [5, 5.41) is 7.79. The van der Waals surface area contributed by atoms with E-state index in [2.05, 4.69) is 10.4 Å². The van der Waals surface area contributed by atoms with Gasteiger partial charge in [-0.3, -0.25) is 4.79 Å². The van der Waals surface area contributed by atoms with Gasteiger partial charge in [0.1, 0.15) is 5.82 Å². The monoisotopic (exact) mass is 251 g/mol. The number of thiocarbonyl (C=S) groups is 1. The van der Waals surface area contributed by atoms with Crippen molar-refractivity contribution in [2.24, 2.45) is 5.10 Å². The molecule has 0 bridgehead atoms. The molecule has 1 heterocycles.